The maximum absolute atomic E-state index is 12.5. The smallest absolute Gasteiger partial charge is 0.342 e. The Labute approximate surface area is 154 Å². The molecule has 138 valence electrons. The number of rotatable bonds is 5. The van der Waals surface area contributed by atoms with Crippen molar-refractivity contribution >= 4 is 17.6 Å². The molecular weight excluding hydrogens is 330 g/mol. The van der Waals surface area contributed by atoms with E-state index in [1.54, 1.807) is 13.0 Å². The van der Waals surface area contributed by atoms with Gasteiger partial charge in [-0.05, 0) is 55.5 Å². The summed E-state index contributed by atoms with van der Waals surface area (Å²) in [7, 11) is 0. The Morgan fingerprint density at radius 2 is 1.77 bits per heavy atom. The van der Waals surface area contributed by atoms with Gasteiger partial charge < -0.3 is 15.2 Å². The number of carbonyl (C=O) groups is 2. The van der Waals surface area contributed by atoms with E-state index in [0.29, 0.717) is 0 Å². The molecule has 0 radical (unpaired) electrons. The Morgan fingerprint density at radius 1 is 1.08 bits per heavy atom. The zero-order chi connectivity index (χ0) is 19.4. The number of hydrogen-bond donors (Lipinski definition) is 2. The molecule has 1 atom stereocenters. The number of anilines is 1. The number of benzene rings is 2. The molecule has 5 nitrogen and oxygen atoms in total. The Balaban J connectivity index is 2.12. The van der Waals surface area contributed by atoms with Gasteiger partial charge in [0.2, 0.25) is 0 Å². The average molecular weight is 355 g/mol. The van der Waals surface area contributed by atoms with Crippen molar-refractivity contribution in [1.82, 2.24) is 0 Å². The fourth-order valence-corrected chi connectivity index (χ4v) is 2.66. The minimum atomic E-state index is -0.997. The second kappa shape index (κ2) is 8.04. The number of esters is 1. The maximum Gasteiger partial charge on any atom is 0.342 e. The third-order valence-corrected chi connectivity index (χ3v) is 4.20. The number of para-hydroxylation sites is 1. The van der Waals surface area contributed by atoms with Gasteiger partial charge in [0.15, 0.2) is 6.10 Å². The van der Waals surface area contributed by atoms with Crippen molar-refractivity contribution in [3.8, 4) is 5.75 Å². The quantitative estimate of drug-likeness (QED) is 0.783. The molecule has 0 bridgehead atoms. The minimum Gasteiger partial charge on any atom is -0.507 e. The van der Waals surface area contributed by atoms with Crippen LogP contribution in [0.5, 0.6) is 5.75 Å². The van der Waals surface area contributed by atoms with Crippen LogP contribution in [0.1, 0.15) is 53.7 Å². The molecule has 0 spiro atoms. The molecule has 0 saturated carbocycles. The summed E-state index contributed by atoms with van der Waals surface area (Å²) in [5.74, 6) is -1.07. The number of hydrogen-bond acceptors (Lipinski definition) is 4. The van der Waals surface area contributed by atoms with Crippen molar-refractivity contribution in [3.05, 3.63) is 58.7 Å². The van der Waals surface area contributed by atoms with Crippen LogP contribution in [0.15, 0.2) is 36.4 Å². The van der Waals surface area contributed by atoms with Crippen LogP contribution in [0.4, 0.5) is 5.69 Å². The third kappa shape index (κ3) is 4.42. The predicted molar refractivity (Wildman–Crippen MR) is 102 cm³/mol. The normalized spacial score (nSPS) is 11.9. The number of phenolic OH excluding ortho intramolecular Hbond substituents is 1. The zero-order valence-corrected chi connectivity index (χ0v) is 15.8. The molecule has 0 unspecified atom stereocenters. The highest BCUT2D eigenvalue weighted by molar-refractivity contribution is 5.99. The molecule has 0 saturated heterocycles. The zero-order valence-electron chi connectivity index (χ0n) is 15.8. The largest absolute Gasteiger partial charge is 0.507 e. The Bertz CT molecular complexity index is 827. The SMILES string of the molecule is Cc1ccc(C(=O)O[C@@H](C)C(=O)Nc2c(C)cccc2C(C)C)c(O)c1. The van der Waals surface area contributed by atoms with E-state index in [1.165, 1.54) is 19.1 Å². The first-order valence-corrected chi connectivity index (χ1v) is 8.61. The summed E-state index contributed by atoms with van der Waals surface area (Å²) in [6, 6.07) is 10.5. The molecule has 0 fully saturated rings. The highest BCUT2D eigenvalue weighted by atomic mass is 16.5. The molecule has 2 rings (SSSR count). The first-order valence-electron chi connectivity index (χ1n) is 8.61. The number of aromatic hydroxyl groups is 1. The maximum atomic E-state index is 12.5. The van der Waals surface area contributed by atoms with E-state index in [-0.39, 0.29) is 17.2 Å². The van der Waals surface area contributed by atoms with Gasteiger partial charge in [0, 0.05) is 5.69 Å². The summed E-state index contributed by atoms with van der Waals surface area (Å²) in [6.45, 7) is 9.33. The molecule has 0 aromatic heterocycles. The van der Waals surface area contributed by atoms with Crippen LogP contribution in [-0.2, 0) is 9.53 Å². The third-order valence-electron chi connectivity index (χ3n) is 4.20. The molecular formula is C21H25NO4. The molecule has 0 aliphatic rings. The van der Waals surface area contributed by atoms with Gasteiger partial charge in [-0.1, -0.05) is 38.1 Å². The first kappa shape index (κ1) is 19.5. The van der Waals surface area contributed by atoms with Crippen LogP contribution in [0.2, 0.25) is 0 Å². The van der Waals surface area contributed by atoms with Gasteiger partial charge in [-0.25, -0.2) is 4.79 Å². The van der Waals surface area contributed by atoms with E-state index in [4.69, 9.17) is 4.74 Å². The summed E-state index contributed by atoms with van der Waals surface area (Å²) < 4.78 is 5.22. The molecule has 5 heteroatoms. The van der Waals surface area contributed by atoms with Gasteiger partial charge in [-0.15, -0.1) is 0 Å². The summed E-state index contributed by atoms with van der Waals surface area (Å²) in [5.41, 5.74) is 3.57. The number of ether oxygens (including phenoxy) is 1. The van der Waals surface area contributed by atoms with Gasteiger partial charge in [-0.2, -0.15) is 0 Å². The molecule has 1 amide bonds. The van der Waals surface area contributed by atoms with Gasteiger partial charge in [0.1, 0.15) is 11.3 Å². The number of phenols is 1. The Hall–Kier alpha value is -2.82. The van der Waals surface area contributed by atoms with Gasteiger partial charge in [0.05, 0.1) is 0 Å². The van der Waals surface area contributed by atoms with Crippen molar-refractivity contribution < 1.29 is 19.4 Å². The lowest BCUT2D eigenvalue weighted by molar-refractivity contribution is -0.123. The standard InChI is InChI=1S/C21H25NO4/c1-12(2)16-8-6-7-14(4)19(16)22-20(24)15(5)26-21(25)17-10-9-13(3)11-18(17)23/h6-12,15,23H,1-5H3,(H,22,24)/t15-/m0/s1. The Kier molecular flexibility index (Phi) is 6.03. The monoisotopic (exact) mass is 355 g/mol. The molecule has 0 heterocycles. The van der Waals surface area contributed by atoms with Crippen molar-refractivity contribution in [2.75, 3.05) is 5.32 Å². The Morgan fingerprint density at radius 3 is 2.38 bits per heavy atom. The van der Waals surface area contributed by atoms with E-state index in [2.05, 4.69) is 5.32 Å². The first-order chi connectivity index (χ1) is 12.2. The van der Waals surface area contributed by atoms with E-state index in [1.807, 2.05) is 39.0 Å². The second-order valence-electron chi connectivity index (χ2n) is 6.75. The van der Waals surface area contributed by atoms with Crippen molar-refractivity contribution in [2.45, 2.75) is 46.6 Å². The highest BCUT2D eigenvalue weighted by Crippen LogP contribution is 2.27. The highest BCUT2D eigenvalue weighted by Gasteiger charge is 2.22. The van der Waals surface area contributed by atoms with Crippen LogP contribution >= 0.6 is 0 Å². The summed E-state index contributed by atoms with van der Waals surface area (Å²) >= 11 is 0. The summed E-state index contributed by atoms with van der Waals surface area (Å²) in [5, 5.41) is 12.7. The fourth-order valence-electron chi connectivity index (χ4n) is 2.66. The summed E-state index contributed by atoms with van der Waals surface area (Å²) in [4.78, 5) is 24.7. The van der Waals surface area contributed by atoms with Crippen LogP contribution < -0.4 is 5.32 Å². The second-order valence-corrected chi connectivity index (χ2v) is 6.75. The summed E-state index contributed by atoms with van der Waals surface area (Å²) in [6.07, 6.45) is -0.997. The predicted octanol–water partition coefficient (Wildman–Crippen LogP) is 4.32. The number of aryl methyl sites for hydroxylation is 2. The fraction of sp³-hybridized carbons (Fsp3) is 0.333. The molecule has 26 heavy (non-hydrogen) atoms. The molecule has 0 aliphatic carbocycles. The number of nitrogens with one attached hydrogen (secondary N) is 1. The van der Waals surface area contributed by atoms with Gasteiger partial charge in [-0.3, -0.25) is 4.79 Å². The van der Waals surface area contributed by atoms with E-state index in [9.17, 15) is 14.7 Å². The van der Waals surface area contributed by atoms with Crippen LogP contribution in [0.3, 0.4) is 0 Å². The minimum absolute atomic E-state index is 0.0361. The van der Waals surface area contributed by atoms with Crippen molar-refractivity contribution in [2.24, 2.45) is 0 Å². The molecule has 2 aromatic rings. The topological polar surface area (TPSA) is 75.6 Å². The van der Waals surface area contributed by atoms with Crippen molar-refractivity contribution in [1.29, 1.82) is 0 Å². The number of amides is 1. The van der Waals surface area contributed by atoms with Gasteiger partial charge >= 0.3 is 5.97 Å². The average Bonchev–Trinajstić information content (AvgIpc) is 2.56. The van der Waals surface area contributed by atoms with E-state index in [0.717, 1.165) is 22.4 Å². The van der Waals surface area contributed by atoms with Gasteiger partial charge in [0.25, 0.3) is 5.91 Å². The molecule has 2 N–H and O–H groups in total. The molecule has 2 aromatic carbocycles. The number of carbonyl (C=O) groups excluding carboxylic acids is 2. The van der Waals surface area contributed by atoms with Crippen LogP contribution in [0.25, 0.3) is 0 Å². The molecule has 0 aliphatic heterocycles. The van der Waals surface area contributed by atoms with Crippen molar-refractivity contribution in [3.63, 3.8) is 0 Å². The lowest BCUT2D eigenvalue weighted by Gasteiger charge is -2.19. The van der Waals surface area contributed by atoms with Crippen LogP contribution in [0, 0.1) is 13.8 Å². The van der Waals surface area contributed by atoms with E-state index >= 15 is 0 Å². The van der Waals surface area contributed by atoms with Crippen LogP contribution in [-0.4, -0.2) is 23.1 Å². The lowest BCUT2D eigenvalue weighted by atomic mass is 9.98. The van der Waals surface area contributed by atoms with E-state index < -0.39 is 18.0 Å². The lowest BCUT2D eigenvalue weighted by Crippen LogP contribution is -2.30.